The van der Waals surface area contributed by atoms with Crippen LogP contribution in [0.5, 0.6) is 0 Å². The summed E-state index contributed by atoms with van der Waals surface area (Å²) in [5, 5.41) is 9.72. The molecule has 11 heteroatoms. The van der Waals surface area contributed by atoms with Crippen LogP contribution in [0.15, 0.2) is 36.5 Å². The maximum atomic E-state index is 14.3. The van der Waals surface area contributed by atoms with Gasteiger partial charge < -0.3 is 10.0 Å². The summed E-state index contributed by atoms with van der Waals surface area (Å²) < 4.78 is 52.5. The van der Waals surface area contributed by atoms with Gasteiger partial charge in [0.15, 0.2) is 11.6 Å². The van der Waals surface area contributed by atoms with E-state index < -0.39 is 53.9 Å². The number of hydrogen-bond acceptors (Lipinski definition) is 4. The monoisotopic (exact) mass is 445 g/mol. The van der Waals surface area contributed by atoms with Gasteiger partial charge in [-0.1, -0.05) is 23.7 Å². The molecule has 2 heterocycles. The Kier molecular flexibility index (Phi) is 6.00. The summed E-state index contributed by atoms with van der Waals surface area (Å²) in [7, 11) is 0. The summed E-state index contributed by atoms with van der Waals surface area (Å²) in [5.41, 5.74) is -0.520. The van der Waals surface area contributed by atoms with Gasteiger partial charge in [0.25, 0.3) is 5.91 Å². The van der Waals surface area contributed by atoms with Crippen molar-refractivity contribution in [1.82, 2.24) is 9.88 Å². The molecular weight excluding hydrogens is 430 g/mol. The second-order valence-electron chi connectivity index (χ2n) is 6.70. The summed E-state index contributed by atoms with van der Waals surface area (Å²) in [5.74, 6) is -2.71. The van der Waals surface area contributed by atoms with E-state index in [2.05, 4.69) is 4.98 Å². The molecule has 6 nitrogen and oxygen atoms in total. The molecule has 1 aromatic carbocycles. The third-order valence-electron chi connectivity index (χ3n) is 4.75. The predicted molar refractivity (Wildman–Crippen MR) is 99.0 cm³/mol. The van der Waals surface area contributed by atoms with Crippen molar-refractivity contribution in [3.63, 3.8) is 0 Å². The Hall–Kier alpha value is -2.72. The topological polar surface area (TPSA) is 73.7 Å². The molecule has 0 radical (unpaired) electrons. The number of aliphatic hydroxyl groups is 1. The highest BCUT2D eigenvalue weighted by Crippen LogP contribution is 2.31. The highest BCUT2D eigenvalue weighted by Gasteiger charge is 2.45. The van der Waals surface area contributed by atoms with Crippen LogP contribution in [0.4, 0.5) is 23.4 Å². The first-order valence-electron chi connectivity index (χ1n) is 8.76. The number of rotatable bonds is 4. The van der Waals surface area contributed by atoms with E-state index in [-0.39, 0.29) is 11.6 Å². The normalized spacial score (nSPS) is 20.1. The Labute approximate surface area is 173 Å². The second kappa shape index (κ2) is 8.19. The smallest absolute Gasteiger partial charge is 0.394 e. The summed E-state index contributed by atoms with van der Waals surface area (Å²) in [6.45, 7) is 0.398. The van der Waals surface area contributed by atoms with Gasteiger partial charge in [0.05, 0.1) is 17.2 Å². The number of anilines is 1. The molecule has 0 aliphatic carbocycles. The number of aromatic nitrogens is 1. The number of nitrogens with zero attached hydrogens (tertiary/aromatic N) is 3. The van der Waals surface area contributed by atoms with Crippen LogP contribution >= 0.6 is 11.6 Å². The molecule has 1 aliphatic rings. The SMILES string of the molecule is C[C@H]1C(=O)N(Cc2ccc(C(F)(F)F)cc2)C(CO)C(=O)N1c1ncc(Cl)cc1F. The van der Waals surface area contributed by atoms with Crippen molar-refractivity contribution in [2.45, 2.75) is 31.7 Å². The van der Waals surface area contributed by atoms with Crippen molar-refractivity contribution >= 4 is 29.2 Å². The highest BCUT2D eigenvalue weighted by atomic mass is 35.5. The minimum atomic E-state index is -4.51. The van der Waals surface area contributed by atoms with Crippen molar-refractivity contribution in [1.29, 1.82) is 0 Å². The van der Waals surface area contributed by atoms with Gasteiger partial charge in [0.2, 0.25) is 5.91 Å². The molecule has 2 aromatic rings. The highest BCUT2D eigenvalue weighted by molar-refractivity contribution is 6.30. The van der Waals surface area contributed by atoms with E-state index in [9.17, 15) is 32.3 Å². The van der Waals surface area contributed by atoms with Crippen LogP contribution in [-0.2, 0) is 22.3 Å². The fraction of sp³-hybridized carbons (Fsp3) is 0.316. The summed E-state index contributed by atoms with van der Waals surface area (Å²) >= 11 is 5.67. The third kappa shape index (κ3) is 4.10. The molecule has 1 aromatic heterocycles. The van der Waals surface area contributed by atoms with E-state index in [0.717, 1.165) is 34.2 Å². The number of carbonyl (C=O) groups is 2. The van der Waals surface area contributed by atoms with Crippen molar-refractivity contribution in [3.05, 3.63) is 58.5 Å². The lowest BCUT2D eigenvalue weighted by Crippen LogP contribution is -2.65. The minimum Gasteiger partial charge on any atom is -0.394 e. The number of pyridine rings is 1. The molecule has 1 fully saturated rings. The molecule has 3 rings (SSSR count). The van der Waals surface area contributed by atoms with Gasteiger partial charge >= 0.3 is 6.18 Å². The quantitative estimate of drug-likeness (QED) is 0.734. The maximum absolute atomic E-state index is 14.3. The van der Waals surface area contributed by atoms with Gasteiger partial charge in [-0.25, -0.2) is 9.37 Å². The zero-order valence-electron chi connectivity index (χ0n) is 15.5. The van der Waals surface area contributed by atoms with Gasteiger partial charge in [-0.05, 0) is 30.7 Å². The van der Waals surface area contributed by atoms with Crippen LogP contribution in [0, 0.1) is 5.82 Å². The average Bonchev–Trinajstić information content (AvgIpc) is 2.67. The molecule has 2 amide bonds. The zero-order valence-corrected chi connectivity index (χ0v) is 16.3. The number of alkyl halides is 3. The Balaban J connectivity index is 1.89. The van der Waals surface area contributed by atoms with Crippen molar-refractivity contribution in [2.24, 2.45) is 0 Å². The number of piperazine rings is 1. The molecule has 160 valence electrons. The Morgan fingerprint density at radius 3 is 2.33 bits per heavy atom. The molecule has 1 N–H and O–H groups in total. The fourth-order valence-electron chi connectivity index (χ4n) is 3.22. The molecule has 30 heavy (non-hydrogen) atoms. The lowest BCUT2D eigenvalue weighted by atomic mass is 10.0. The molecule has 0 spiro atoms. The molecule has 0 saturated carbocycles. The number of carbonyl (C=O) groups excluding carboxylic acids is 2. The van der Waals surface area contributed by atoms with Gasteiger partial charge in [-0.3, -0.25) is 14.5 Å². The van der Waals surface area contributed by atoms with Crippen molar-refractivity contribution < 1.29 is 32.3 Å². The van der Waals surface area contributed by atoms with Crippen LogP contribution in [0.3, 0.4) is 0 Å². The van der Waals surface area contributed by atoms with E-state index in [0.29, 0.717) is 5.56 Å². The molecular formula is C19H16ClF4N3O3. The minimum absolute atomic E-state index is 0.00215. The van der Waals surface area contributed by atoms with E-state index >= 15 is 0 Å². The van der Waals surface area contributed by atoms with Crippen molar-refractivity contribution in [2.75, 3.05) is 11.5 Å². The molecule has 2 atom stereocenters. The molecule has 0 bridgehead atoms. The first-order chi connectivity index (χ1) is 14.0. The largest absolute Gasteiger partial charge is 0.416 e. The maximum Gasteiger partial charge on any atom is 0.416 e. The molecule has 1 aliphatic heterocycles. The van der Waals surface area contributed by atoms with Crippen LogP contribution in [0.1, 0.15) is 18.1 Å². The fourth-order valence-corrected chi connectivity index (χ4v) is 3.37. The second-order valence-corrected chi connectivity index (χ2v) is 7.14. The van der Waals surface area contributed by atoms with Gasteiger partial charge in [-0.2, -0.15) is 13.2 Å². The van der Waals surface area contributed by atoms with Crippen LogP contribution in [0.25, 0.3) is 0 Å². The summed E-state index contributed by atoms with van der Waals surface area (Å²) in [6, 6.07) is 2.53. The van der Waals surface area contributed by atoms with Gasteiger partial charge in [0, 0.05) is 12.7 Å². The van der Waals surface area contributed by atoms with Crippen LogP contribution < -0.4 is 4.90 Å². The number of benzene rings is 1. The zero-order chi connectivity index (χ0) is 22.2. The first-order valence-corrected chi connectivity index (χ1v) is 9.14. The number of aliphatic hydroxyl groups excluding tert-OH is 1. The first kappa shape index (κ1) is 22.0. The van der Waals surface area contributed by atoms with E-state index in [1.54, 1.807) is 0 Å². The Morgan fingerprint density at radius 1 is 1.17 bits per heavy atom. The summed E-state index contributed by atoms with van der Waals surface area (Å²) in [4.78, 5) is 31.5. The van der Waals surface area contributed by atoms with Crippen LogP contribution in [0.2, 0.25) is 5.02 Å². The number of halogens is 5. The third-order valence-corrected chi connectivity index (χ3v) is 4.96. The molecule has 1 unspecified atom stereocenters. The van der Waals surface area contributed by atoms with Crippen LogP contribution in [-0.4, -0.2) is 45.5 Å². The summed E-state index contributed by atoms with van der Waals surface area (Å²) in [6.07, 6.45) is -3.39. The van der Waals surface area contributed by atoms with Gasteiger partial charge in [0.1, 0.15) is 12.1 Å². The van der Waals surface area contributed by atoms with E-state index in [1.165, 1.54) is 19.1 Å². The van der Waals surface area contributed by atoms with E-state index in [4.69, 9.17) is 11.6 Å². The Morgan fingerprint density at radius 2 is 1.80 bits per heavy atom. The van der Waals surface area contributed by atoms with Crippen molar-refractivity contribution in [3.8, 4) is 0 Å². The Bertz CT molecular complexity index is 968. The number of hydrogen-bond donors (Lipinski definition) is 1. The number of amides is 2. The molecule has 1 saturated heterocycles. The lowest BCUT2D eigenvalue weighted by molar-refractivity contribution is -0.148. The predicted octanol–water partition coefficient (Wildman–Crippen LogP) is 3.02. The lowest BCUT2D eigenvalue weighted by Gasteiger charge is -2.42. The van der Waals surface area contributed by atoms with Gasteiger partial charge in [-0.15, -0.1) is 0 Å². The van der Waals surface area contributed by atoms with E-state index in [1.807, 2.05) is 0 Å². The standard InChI is InChI=1S/C19H16ClF4N3O3/c1-10-17(29)26(8-11-2-4-12(5-3-11)19(22,23)24)15(9-28)18(30)27(10)16-14(21)6-13(20)7-25-16/h2-7,10,15,28H,8-9H2,1H3/t10-,15?/m0/s1. The average molecular weight is 446 g/mol.